The van der Waals surface area contributed by atoms with Crippen molar-refractivity contribution in [2.75, 3.05) is 26.2 Å². The predicted octanol–water partition coefficient (Wildman–Crippen LogP) is 0.956. The second kappa shape index (κ2) is 6.09. The molecule has 1 aromatic rings. The van der Waals surface area contributed by atoms with Crippen molar-refractivity contribution in [1.82, 2.24) is 9.80 Å². The van der Waals surface area contributed by atoms with E-state index in [9.17, 15) is 19.1 Å². The smallest absolute Gasteiger partial charge is 0.407 e. The fourth-order valence-corrected chi connectivity index (χ4v) is 2.65. The summed E-state index contributed by atoms with van der Waals surface area (Å²) in [7, 11) is 0. The summed E-state index contributed by atoms with van der Waals surface area (Å²) >= 11 is 0. The van der Waals surface area contributed by atoms with E-state index in [2.05, 4.69) is 0 Å². The minimum Gasteiger partial charge on any atom is -0.465 e. The van der Waals surface area contributed by atoms with Crippen LogP contribution < -0.4 is 5.73 Å². The number of nitrogens with zero attached hydrogens (tertiary/aromatic N) is 2. The molecule has 1 aromatic carbocycles. The van der Waals surface area contributed by atoms with Crippen molar-refractivity contribution < 1.29 is 19.1 Å². The Kier molecular flexibility index (Phi) is 4.42. The lowest BCUT2D eigenvalue weighted by Gasteiger charge is -2.40. The molecule has 2 rings (SSSR count). The first kappa shape index (κ1) is 15.2. The third-order valence-electron chi connectivity index (χ3n) is 3.74. The van der Waals surface area contributed by atoms with Crippen LogP contribution in [0, 0.1) is 12.7 Å². The average molecular weight is 295 g/mol. The van der Waals surface area contributed by atoms with Gasteiger partial charge in [0.25, 0.3) is 0 Å². The number of rotatable bonds is 2. The van der Waals surface area contributed by atoms with Crippen LogP contribution in [0.25, 0.3) is 0 Å². The molecule has 0 spiro atoms. The number of hydrogen-bond acceptors (Lipinski definition) is 3. The number of hydrogen-bond donors (Lipinski definition) is 2. The monoisotopic (exact) mass is 295 g/mol. The standard InChI is InChI=1S/C14H18FN3O3/c1-9-6-10(15)2-3-11(9)12-8-17(13(19)7-16)4-5-18(12)14(20)21/h2-3,6,12H,4-5,7-8,16H2,1H3,(H,20,21). The Labute approximate surface area is 121 Å². The number of nitrogens with two attached hydrogens (primary N) is 1. The highest BCUT2D eigenvalue weighted by molar-refractivity contribution is 5.78. The van der Waals surface area contributed by atoms with Crippen molar-refractivity contribution in [3.63, 3.8) is 0 Å². The third-order valence-corrected chi connectivity index (χ3v) is 3.74. The first-order valence-electron chi connectivity index (χ1n) is 6.67. The normalized spacial score (nSPS) is 18.7. The van der Waals surface area contributed by atoms with E-state index in [1.54, 1.807) is 17.9 Å². The summed E-state index contributed by atoms with van der Waals surface area (Å²) < 4.78 is 13.2. The number of piperazine rings is 1. The molecule has 0 aliphatic carbocycles. The van der Waals surface area contributed by atoms with Crippen molar-refractivity contribution >= 4 is 12.0 Å². The van der Waals surface area contributed by atoms with Gasteiger partial charge >= 0.3 is 6.09 Å². The van der Waals surface area contributed by atoms with Gasteiger partial charge in [-0.25, -0.2) is 9.18 Å². The highest BCUT2D eigenvalue weighted by Gasteiger charge is 2.33. The lowest BCUT2D eigenvalue weighted by atomic mass is 9.97. The van der Waals surface area contributed by atoms with E-state index >= 15 is 0 Å². The average Bonchev–Trinajstić information content (AvgIpc) is 2.45. The van der Waals surface area contributed by atoms with Gasteiger partial charge in [0, 0.05) is 19.6 Å². The quantitative estimate of drug-likeness (QED) is 0.850. The van der Waals surface area contributed by atoms with Crippen molar-refractivity contribution in [1.29, 1.82) is 0 Å². The molecular weight excluding hydrogens is 277 g/mol. The highest BCUT2D eigenvalue weighted by Crippen LogP contribution is 2.28. The number of halogens is 1. The first-order valence-corrected chi connectivity index (χ1v) is 6.67. The van der Waals surface area contributed by atoms with Crippen molar-refractivity contribution in [3.05, 3.63) is 35.1 Å². The number of carbonyl (C=O) groups excluding carboxylic acids is 1. The molecule has 7 heteroatoms. The number of carboxylic acid groups (broad SMARTS) is 1. The van der Waals surface area contributed by atoms with Crippen LogP contribution in [0.3, 0.4) is 0 Å². The zero-order valence-electron chi connectivity index (χ0n) is 11.8. The molecule has 1 aliphatic rings. The summed E-state index contributed by atoms with van der Waals surface area (Å²) in [5.74, 6) is -0.589. The van der Waals surface area contributed by atoms with Crippen LogP contribution in [0.1, 0.15) is 17.2 Å². The summed E-state index contributed by atoms with van der Waals surface area (Å²) in [6, 6.07) is 3.72. The molecule has 0 saturated carbocycles. The van der Waals surface area contributed by atoms with Crippen LogP contribution in [0.5, 0.6) is 0 Å². The van der Waals surface area contributed by atoms with Crippen molar-refractivity contribution in [2.45, 2.75) is 13.0 Å². The molecule has 1 atom stereocenters. The van der Waals surface area contributed by atoms with Gasteiger partial charge in [0.2, 0.25) is 5.91 Å². The fourth-order valence-electron chi connectivity index (χ4n) is 2.65. The van der Waals surface area contributed by atoms with Crippen LogP contribution in [0.2, 0.25) is 0 Å². The second-order valence-electron chi connectivity index (χ2n) is 5.04. The minimum absolute atomic E-state index is 0.109. The second-order valence-corrected chi connectivity index (χ2v) is 5.04. The molecule has 1 unspecified atom stereocenters. The molecule has 1 aliphatic heterocycles. The molecule has 1 saturated heterocycles. The van der Waals surface area contributed by atoms with Gasteiger partial charge in [-0.2, -0.15) is 0 Å². The molecule has 6 nitrogen and oxygen atoms in total. The lowest BCUT2D eigenvalue weighted by Crippen LogP contribution is -2.53. The van der Waals surface area contributed by atoms with E-state index in [-0.39, 0.29) is 31.4 Å². The van der Waals surface area contributed by atoms with Gasteiger partial charge in [-0.3, -0.25) is 9.69 Å². The van der Waals surface area contributed by atoms with E-state index in [1.807, 2.05) is 0 Å². The van der Waals surface area contributed by atoms with E-state index in [1.165, 1.54) is 17.0 Å². The molecule has 21 heavy (non-hydrogen) atoms. The molecule has 114 valence electrons. The van der Waals surface area contributed by atoms with Crippen LogP contribution >= 0.6 is 0 Å². The molecule has 2 amide bonds. The SMILES string of the molecule is Cc1cc(F)ccc1C1CN(C(=O)CN)CCN1C(=O)O. The van der Waals surface area contributed by atoms with Crippen molar-refractivity contribution in [3.8, 4) is 0 Å². The van der Waals surface area contributed by atoms with E-state index in [0.717, 1.165) is 0 Å². The maximum Gasteiger partial charge on any atom is 0.407 e. The summed E-state index contributed by atoms with van der Waals surface area (Å²) in [5.41, 5.74) is 6.72. The van der Waals surface area contributed by atoms with Gasteiger partial charge in [0.05, 0.1) is 12.6 Å². The number of carbonyl (C=O) groups is 2. The Morgan fingerprint density at radius 2 is 2.14 bits per heavy atom. The number of amides is 2. The highest BCUT2D eigenvalue weighted by atomic mass is 19.1. The Morgan fingerprint density at radius 1 is 1.43 bits per heavy atom. The molecule has 1 heterocycles. The zero-order valence-corrected chi connectivity index (χ0v) is 11.8. The maximum atomic E-state index is 13.2. The largest absolute Gasteiger partial charge is 0.465 e. The summed E-state index contributed by atoms with van der Waals surface area (Å²) in [4.78, 5) is 25.9. The van der Waals surface area contributed by atoms with Crippen LogP contribution in [-0.4, -0.2) is 53.1 Å². The van der Waals surface area contributed by atoms with Gasteiger partial charge in [0.1, 0.15) is 5.82 Å². The van der Waals surface area contributed by atoms with Gasteiger partial charge < -0.3 is 15.7 Å². The van der Waals surface area contributed by atoms with Gasteiger partial charge in [-0.05, 0) is 30.2 Å². The van der Waals surface area contributed by atoms with E-state index < -0.39 is 12.1 Å². The Morgan fingerprint density at radius 3 is 2.71 bits per heavy atom. The third kappa shape index (κ3) is 3.13. The van der Waals surface area contributed by atoms with Gasteiger partial charge in [-0.15, -0.1) is 0 Å². The molecule has 1 fully saturated rings. The predicted molar refractivity (Wildman–Crippen MR) is 74.2 cm³/mol. The van der Waals surface area contributed by atoms with Gasteiger partial charge in [-0.1, -0.05) is 6.07 Å². The molecule has 3 N–H and O–H groups in total. The lowest BCUT2D eigenvalue weighted by molar-refractivity contribution is -0.132. The van der Waals surface area contributed by atoms with E-state index in [4.69, 9.17) is 5.73 Å². The Hall–Kier alpha value is -2.15. The van der Waals surface area contributed by atoms with Gasteiger partial charge in [0.15, 0.2) is 0 Å². The summed E-state index contributed by atoms with van der Waals surface area (Å²) in [6.45, 7) is 2.38. The maximum absolute atomic E-state index is 13.2. The van der Waals surface area contributed by atoms with E-state index in [0.29, 0.717) is 17.7 Å². The molecule has 0 radical (unpaired) electrons. The van der Waals surface area contributed by atoms with Crippen LogP contribution in [0.4, 0.5) is 9.18 Å². The molecule has 0 aromatic heterocycles. The zero-order chi connectivity index (χ0) is 15.6. The number of aryl methyl sites for hydroxylation is 1. The molecular formula is C14H18FN3O3. The summed E-state index contributed by atoms with van der Waals surface area (Å²) in [6.07, 6.45) is -1.05. The van der Waals surface area contributed by atoms with Crippen molar-refractivity contribution in [2.24, 2.45) is 5.73 Å². The topological polar surface area (TPSA) is 86.9 Å². The van der Waals surface area contributed by atoms with Crippen LogP contribution in [-0.2, 0) is 4.79 Å². The van der Waals surface area contributed by atoms with Crippen LogP contribution in [0.15, 0.2) is 18.2 Å². The summed E-state index contributed by atoms with van der Waals surface area (Å²) in [5, 5.41) is 9.32. The molecule has 0 bridgehead atoms. The number of benzene rings is 1. The fraction of sp³-hybridized carbons (Fsp3) is 0.429. The Bertz CT molecular complexity index is 564. The Balaban J connectivity index is 2.33. The first-order chi connectivity index (χ1) is 9.93. The minimum atomic E-state index is -1.05.